The molecule has 0 saturated carbocycles. The Kier molecular flexibility index (Phi) is 8.05. The fourth-order valence-corrected chi connectivity index (χ4v) is 5.52. The molecule has 0 amide bonds. The lowest BCUT2D eigenvalue weighted by atomic mass is 9.90. The number of nitrogens with zero attached hydrogens (tertiary/aromatic N) is 3. The summed E-state index contributed by atoms with van der Waals surface area (Å²) in [5.41, 5.74) is 1.24. The van der Waals surface area contributed by atoms with Crippen molar-refractivity contribution in [3.8, 4) is 0 Å². The quantitative estimate of drug-likeness (QED) is 0.136. The maximum atomic E-state index is 12.8. The Balaban J connectivity index is 2.09. The van der Waals surface area contributed by atoms with Crippen LogP contribution in [0.25, 0.3) is 10.9 Å². The second-order valence-corrected chi connectivity index (χ2v) is 17.9. The molecule has 3 aromatic rings. The molecule has 0 aliphatic rings. The third-order valence-corrected chi connectivity index (χ3v) is 9.14. The van der Waals surface area contributed by atoms with Crippen LogP contribution in [-0.2, 0) is 25.0 Å². The Morgan fingerprint density at radius 2 is 1.86 bits per heavy atom. The van der Waals surface area contributed by atoms with Gasteiger partial charge in [-0.15, -0.1) is 0 Å². The predicted molar refractivity (Wildman–Crippen MR) is 146 cm³/mol. The lowest BCUT2D eigenvalue weighted by molar-refractivity contribution is 0.156. The van der Waals surface area contributed by atoms with Gasteiger partial charge < -0.3 is 9.47 Å². The van der Waals surface area contributed by atoms with Crippen LogP contribution in [0.2, 0.25) is 30.7 Å². The molecule has 1 heterocycles. The lowest BCUT2D eigenvalue weighted by Crippen LogP contribution is -2.35. The SMILES string of the molecule is C=C(OC)C(C)(c1ccc(Cl)cc1)n1ncc2c(N(COCC[Si](C)(C)C)S(C)(=O)=O)cccc21. The van der Waals surface area contributed by atoms with Gasteiger partial charge >= 0.3 is 0 Å². The predicted octanol–water partition coefficient (Wildman–Crippen LogP) is 5.69. The number of aromatic nitrogens is 2. The molecule has 1 atom stereocenters. The Morgan fingerprint density at radius 3 is 2.43 bits per heavy atom. The van der Waals surface area contributed by atoms with Crippen molar-refractivity contribution in [3.63, 3.8) is 0 Å². The van der Waals surface area contributed by atoms with E-state index in [-0.39, 0.29) is 6.73 Å². The van der Waals surface area contributed by atoms with E-state index in [1.807, 2.05) is 31.2 Å². The number of sulfonamides is 1. The van der Waals surface area contributed by atoms with Gasteiger partial charge in [-0.1, -0.05) is 56.0 Å². The number of rotatable bonds is 11. The van der Waals surface area contributed by atoms with Gasteiger partial charge in [0.15, 0.2) is 0 Å². The first-order chi connectivity index (χ1) is 16.3. The Bertz CT molecular complexity index is 1300. The largest absolute Gasteiger partial charge is 0.499 e. The van der Waals surface area contributed by atoms with Crippen molar-refractivity contribution in [1.29, 1.82) is 0 Å². The summed E-state index contributed by atoms with van der Waals surface area (Å²) in [7, 11) is -3.34. The third kappa shape index (κ3) is 5.91. The standard InChI is InChI=1S/C25H34ClN3O4SSi/c1-19(32-3)25(2,20-11-13-21(26)14-12-20)29-24-10-8-9-23(22(24)17-27-29)28(34(4,30)31)18-33-15-16-35(5,6)7/h8-14,17H,1,15-16,18H2,2-7H3. The zero-order valence-corrected chi connectivity index (χ0v) is 23.8. The second kappa shape index (κ2) is 10.3. The number of halogens is 1. The molecule has 0 bridgehead atoms. The molecule has 10 heteroatoms. The number of benzene rings is 2. The van der Waals surface area contributed by atoms with Crippen LogP contribution in [0.1, 0.15) is 12.5 Å². The summed E-state index contributed by atoms with van der Waals surface area (Å²) in [6.45, 7) is 13.3. The molecule has 0 N–H and O–H groups in total. The normalized spacial score (nSPS) is 14.0. The van der Waals surface area contributed by atoms with Crippen LogP contribution in [0.5, 0.6) is 0 Å². The van der Waals surface area contributed by atoms with Gasteiger partial charge in [0.2, 0.25) is 10.0 Å². The van der Waals surface area contributed by atoms with Crippen molar-refractivity contribution in [2.75, 3.05) is 31.0 Å². The van der Waals surface area contributed by atoms with Gasteiger partial charge in [0, 0.05) is 25.1 Å². The number of allylic oxidation sites excluding steroid dienone is 1. The molecule has 0 saturated heterocycles. The third-order valence-electron chi connectivity index (χ3n) is 6.08. The molecule has 2 aromatic carbocycles. The first-order valence-corrected chi connectivity index (χ1v) is 17.2. The van der Waals surface area contributed by atoms with E-state index in [2.05, 4.69) is 31.3 Å². The van der Waals surface area contributed by atoms with Gasteiger partial charge in [0.1, 0.15) is 18.0 Å². The van der Waals surface area contributed by atoms with Gasteiger partial charge in [0.25, 0.3) is 0 Å². The minimum Gasteiger partial charge on any atom is -0.499 e. The number of ether oxygens (including phenoxy) is 2. The van der Waals surface area contributed by atoms with E-state index in [1.165, 1.54) is 10.6 Å². The van der Waals surface area contributed by atoms with Crippen molar-refractivity contribution >= 4 is 46.3 Å². The lowest BCUT2D eigenvalue weighted by Gasteiger charge is -2.32. The molecular weight excluding hydrogens is 502 g/mol. The van der Waals surface area contributed by atoms with Gasteiger partial charge in [0.05, 0.1) is 30.8 Å². The Hall–Kier alpha value is -2.33. The van der Waals surface area contributed by atoms with Crippen LogP contribution in [0.4, 0.5) is 5.69 Å². The van der Waals surface area contributed by atoms with Crippen LogP contribution in [-0.4, -0.2) is 53.0 Å². The highest BCUT2D eigenvalue weighted by molar-refractivity contribution is 7.92. The van der Waals surface area contributed by atoms with E-state index < -0.39 is 23.6 Å². The highest BCUT2D eigenvalue weighted by Gasteiger charge is 2.36. The number of fused-ring (bicyclic) bond motifs is 1. The maximum Gasteiger partial charge on any atom is 0.234 e. The van der Waals surface area contributed by atoms with Crippen molar-refractivity contribution < 1.29 is 17.9 Å². The van der Waals surface area contributed by atoms with E-state index in [1.54, 1.807) is 36.2 Å². The van der Waals surface area contributed by atoms with Gasteiger partial charge in [-0.2, -0.15) is 5.10 Å². The summed E-state index contributed by atoms with van der Waals surface area (Å²) < 4.78 is 40.0. The fourth-order valence-electron chi connectivity index (χ4n) is 3.85. The van der Waals surface area contributed by atoms with Crippen LogP contribution in [0.3, 0.4) is 0 Å². The van der Waals surface area contributed by atoms with Crippen LogP contribution in [0, 0.1) is 0 Å². The first-order valence-electron chi connectivity index (χ1n) is 11.3. The monoisotopic (exact) mass is 535 g/mol. The van der Waals surface area contributed by atoms with Crippen molar-refractivity contribution in [2.24, 2.45) is 0 Å². The van der Waals surface area contributed by atoms with E-state index in [0.29, 0.717) is 28.5 Å². The summed E-state index contributed by atoms with van der Waals surface area (Å²) in [4.78, 5) is 0. The molecular formula is C25H34ClN3O4SSi. The van der Waals surface area contributed by atoms with Crippen molar-refractivity contribution in [1.82, 2.24) is 9.78 Å². The highest BCUT2D eigenvalue weighted by Crippen LogP contribution is 2.38. The van der Waals surface area contributed by atoms with Gasteiger partial charge in [-0.3, -0.25) is 0 Å². The summed E-state index contributed by atoms with van der Waals surface area (Å²) in [5.74, 6) is 0.477. The van der Waals surface area contributed by atoms with Crippen LogP contribution >= 0.6 is 11.6 Å². The Labute approximate surface area is 214 Å². The molecule has 190 valence electrons. The molecule has 7 nitrogen and oxygen atoms in total. The Morgan fingerprint density at radius 1 is 1.20 bits per heavy atom. The minimum absolute atomic E-state index is 0.0627. The number of methoxy groups -OCH3 is 1. The number of hydrogen-bond acceptors (Lipinski definition) is 5. The highest BCUT2D eigenvalue weighted by atomic mass is 35.5. The minimum atomic E-state index is -3.60. The van der Waals surface area contributed by atoms with E-state index in [0.717, 1.165) is 17.1 Å². The maximum absolute atomic E-state index is 12.8. The molecule has 0 aliphatic carbocycles. The summed E-state index contributed by atoms with van der Waals surface area (Å²) in [6, 6.07) is 13.8. The molecule has 1 aromatic heterocycles. The molecule has 1 unspecified atom stereocenters. The average molecular weight is 536 g/mol. The smallest absolute Gasteiger partial charge is 0.234 e. The second-order valence-electron chi connectivity index (χ2n) is 9.93. The van der Waals surface area contributed by atoms with Crippen molar-refractivity contribution in [3.05, 3.63) is 71.6 Å². The zero-order chi connectivity index (χ0) is 26.0. The number of anilines is 1. The van der Waals surface area contributed by atoms with Crippen molar-refractivity contribution in [2.45, 2.75) is 38.1 Å². The fraction of sp³-hybridized carbons (Fsp3) is 0.400. The van der Waals surface area contributed by atoms with Gasteiger partial charge in [-0.25, -0.2) is 17.4 Å². The first kappa shape index (κ1) is 27.3. The van der Waals surface area contributed by atoms with E-state index in [4.69, 9.17) is 21.1 Å². The molecule has 0 spiro atoms. The van der Waals surface area contributed by atoms with E-state index in [9.17, 15) is 8.42 Å². The summed E-state index contributed by atoms with van der Waals surface area (Å²) in [5, 5.41) is 5.97. The average Bonchev–Trinajstić information content (AvgIpc) is 3.22. The molecule has 0 fully saturated rings. The zero-order valence-electron chi connectivity index (χ0n) is 21.2. The van der Waals surface area contributed by atoms with Crippen LogP contribution < -0.4 is 4.31 Å². The number of hydrogen-bond donors (Lipinski definition) is 0. The van der Waals surface area contributed by atoms with Crippen LogP contribution in [0.15, 0.2) is 61.0 Å². The van der Waals surface area contributed by atoms with Gasteiger partial charge in [-0.05, 0) is 42.8 Å². The molecule has 0 aliphatic heterocycles. The van der Waals surface area contributed by atoms with E-state index >= 15 is 0 Å². The topological polar surface area (TPSA) is 73.7 Å². The molecule has 0 radical (unpaired) electrons. The molecule has 35 heavy (non-hydrogen) atoms. The summed E-state index contributed by atoms with van der Waals surface area (Å²) >= 11 is 6.12. The molecule has 3 rings (SSSR count). The summed E-state index contributed by atoms with van der Waals surface area (Å²) in [6.07, 6.45) is 2.85.